The lowest BCUT2D eigenvalue weighted by Gasteiger charge is -2.24. The van der Waals surface area contributed by atoms with E-state index >= 15 is 0 Å². The number of rotatable bonds is 3. The van der Waals surface area contributed by atoms with Crippen LogP contribution in [0.25, 0.3) is 54.3 Å². The van der Waals surface area contributed by atoms with Crippen LogP contribution >= 0.6 is 0 Å². The smallest absolute Gasteiger partial charge is 0.169 e. The topological polar surface area (TPSA) is 62.8 Å². The quantitative estimate of drug-likeness (QED) is 0.223. The van der Waals surface area contributed by atoms with E-state index in [1.807, 2.05) is 24.4 Å². The molecule has 2 aromatic heterocycles. The zero-order valence-electron chi connectivity index (χ0n) is 23.0. The van der Waals surface area contributed by atoms with Crippen molar-refractivity contribution in [3.63, 3.8) is 0 Å². The summed E-state index contributed by atoms with van der Waals surface area (Å²) in [5.74, 6) is 1.53. The molecule has 0 saturated heterocycles. The van der Waals surface area contributed by atoms with E-state index in [0.29, 0.717) is 0 Å². The van der Waals surface area contributed by atoms with E-state index in [9.17, 15) is 0 Å². The average Bonchev–Trinajstić information content (AvgIpc) is 3.46. The normalized spacial score (nSPS) is 15.2. The van der Waals surface area contributed by atoms with Crippen LogP contribution in [0.1, 0.15) is 22.9 Å². The summed E-state index contributed by atoms with van der Waals surface area (Å²) in [5, 5.41) is 12.7. The fourth-order valence-corrected chi connectivity index (χ4v) is 6.36. The minimum atomic E-state index is -0.437. The van der Waals surface area contributed by atoms with E-state index in [0.717, 1.165) is 61.1 Å². The Morgan fingerprint density at radius 3 is 2.16 bits per heavy atom. The van der Waals surface area contributed by atoms with Crippen LogP contribution in [-0.2, 0) is 0 Å². The third kappa shape index (κ3) is 3.82. The lowest BCUT2D eigenvalue weighted by molar-refractivity contribution is 0.668. The molecule has 1 aliphatic heterocycles. The number of furan rings is 1. The monoisotopic (exact) mass is 552 g/mol. The second-order valence-corrected chi connectivity index (χ2v) is 10.9. The van der Waals surface area contributed by atoms with E-state index in [1.165, 1.54) is 21.5 Å². The molecular weight excluding hydrogens is 528 g/mol. The lowest BCUT2D eigenvalue weighted by atomic mass is 9.96. The highest BCUT2D eigenvalue weighted by molar-refractivity contribution is 6.26. The van der Waals surface area contributed by atoms with Gasteiger partial charge in [0.15, 0.2) is 6.17 Å². The molecule has 0 aliphatic carbocycles. The van der Waals surface area contributed by atoms with Crippen LogP contribution in [0, 0.1) is 0 Å². The van der Waals surface area contributed by atoms with E-state index in [1.54, 1.807) is 6.20 Å². The Morgan fingerprint density at radius 1 is 0.535 bits per heavy atom. The molecule has 0 radical (unpaired) electrons. The number of nitrogens with one attached hydrogen (secondary N) is 1. The first-order chi connectivity index (χ1) is 21.3. The Hall–Kier alpha value is -5.81. The maximum Gasteiger partial charge on any atom is 0.169 e. The number of hydrogen-bond donors (Lipinski definition) is 1. The third-order valence-corrected chi connectivity index (χ3v) is 8.39. The summed E-state index contributed by atoms with van der Waals surface area (Å²) in [5.41, 5.74) is 4.62. The van der Waals surface area contributed by atoms with Crippen molar-refractivity contribution in [1.82, 2.24) is 10.3 Å². The number of fused-ring (bicyclic) bond motifs is 7. The first kappa shape index (κ1) is 23.9. The fourth-order valence-electron chi connectivity index (χ4n) is 6.36. The maximum absolute atomic E-state index is 6.21. The number of aromatic nitrogens is 1. The molecule has 0 fully saturated rings. The summed E-state index contributed by atoms with van der Waals surface area (Å²) in [7, 11) is 0. The van der Waals surface area contributed by atoms with Gasteiger partial charge >= 0.3 is 0 Å². The Morgan fingerprint density at radius 2 is 1.28 bits per heavy atom. The predicted octanol–water partition coefficient (Wildman–Crippen LogP) is 8.94. The summed E-state index contributed by atoms with van der Waals surface area (Å²) in [4.78, 5) is 14.9. The molecule has 202 valence electrons. The standard InChI is InChI=1S/C38H24N4O/c1-2-9-24-20-26(17-16-23(24)8-1)36-40-37(30-14-7-15-34-35(30)32-22-39-19-18-33(32)43-34)42-38(41-36)31-21-25-10-3-4-11-27(25)28-12-5-6-13-29(28)31/h1-22,36H,(H,40,41,42). The molecule has 6 aromatic carbocycles. The van der Waals surface area contributed by atoms with Crippen LogP contribution in [0.5, 0.6) is 0 Å². The maximum atomic E-state index is 6.21. The van der Waals surface area contributed by atoms with Gasteiger partial charge in [0.2, 0.25) is 0 Å². The number of benzene rings is 6. The molecule has 0 bridgehead atoms. The van der Waals surface area contributed by atoms with Gasteiger partial charge in [0.25, 0.3) is 0 Å². The van der Waals surface area contributed by atoms with E-state index in [4.69, 9.17) is 14.4 Å². The molecule has 0 spiro atoms. The fraction of sp³-hybridized carbons (Fsp3) is 0.0263. The van der Waals surface area contributed by atoms with Crippen molar-refractivity contribution in [2.45, 2.75) is 6.17 Å². The van der Waals surface area contributed by atoms with Gasteiger partial charge in [0.1, 0.15) is 22.8 Å². The summed E-state index contributed by atoms with van der Waals surface area (Å²) < 4.78 is 6.21. The third-order valence-electron chi connectivity index (χ3n) is 8.39. The Kier molecular flexibility index (Phi) is 5.19. The molecule has 9 rings (SSSR count). The van der Waals surface area contributed by atoms with E-state index in [2.05, 4.69) is 113 Å². The molecule has 1 atom stereocenters. The van der Waals surface area contributed by atoms with Gasteiger partial charge in [-0.2, -0.15) is 0 Å². The first-order valence-electron chi connectivity index (χ1n) is 14.4. The van der Waals surface area contributed by atoms with Gasteiger partial charge in [-0.15, -0.1) is 0 Å². The van der Waals surface area contributed by atoms with Crippen LogP contribution in [0.4, 0.5) is 0 Å². The summed E-state index contributed by atoms with van der Waals surface area (Å²) in [6.07, 6.45) is 3.18. The first-order valence-corrected chi connectivity index (χ1v) is 14.4. The van der Waals surface area contributed by atoms with Crippen molar-refractivity contribution in [2.24, 2.45) is 9.98 Å². The number of hydrogen-bond acceptors (Lipinski definition) is 5. The van der Waals surface area contributed by atoms with Crippen LogP contribution in [0.3, 0.4) is 0 Å². The Bertz CT molecular complexity index is 2450. The van der Waals surface area contributed by atoms with Gasteiger partial charge in [-0.3, -0.25) is 4.98 Å². The van der Waals surface area contributed by atoms with Crippen LogP contribution in [0.2, 0.25) is 0 Å². The molecule has 0 amide bonds. The summed E-state index contributed by atoms with van der Waals surface area (Å²) >= 11 is 0. The predicted molar refractivity (Wildman–Crippen MR) is 176 cm³/mol. The lowest BCUT2D eigenvalue weighted by Crippen LogP contribution is -2.36. The molecule has 5 heteroatoms. The van der Waals surface area contributed by atoms with E-state index in [-0.39, 0.29) is 0 Å². The minimum absolute atomic E-state index is 0.437. The molecular formula is C38H24N4O. The number of pyridine rings is 1. The summed E-state index contributed by atoms with van der Waals surface area (Å²) in [6, 6.07) is 42.2. The van der Waals surface area contributed by atoms with Crippen molar-refractivity contribution < 1.29 is 4.42 Å². The molecule has 3 heterocycles. The molecule has 0 saturated carbocycles. The van der Waals surface area contributed by atoms with Crippen molar-refractivity contribution in [1.29, 1.82) is 0 Å². The van der Waals surface area contributed by atoms with Gasteiger partial charge in [-0.1, -0.05) is 97.1 Å². The van der Waals surface area contributed by atoms with Crippen LogP contribution in [-0.4, -0.2) is 16.7 Å². The van der Waals surface area contributed by atoms with E-state index < -0.39 is 6.17 Å². The molecule has 43 heavy (non-hydrogen) atoms. The van der Waals surface area contributed by atoms with Crippen LogP contribution < -0.4 is 5.32 Å². The van der Waals surface area contributed by atoms with Gasteiger partial charge in [-0.25, -0.2) is 9.98 Å². The number of amidine groups is 2. The Labute approximate surface area is 246 Å². The molecule has 1 aliphatic rings. The van der Waals surface area contributed by atoms with Gasteiger partial charge in [0.05, 0.1) is 0 Å². The molecule has 1 unspecified atom stereocenters. The average molecular weight is 553 g/mol. The second-order valence-electron chi connectivity index (χ2n) is 10.9. The molecule has 8 aromatic rings. The zero-order valence-corrected chi connectivity index (χ0v) is 23.0. The van der Waals surface area contributed by atoms with Crippen molar-refractivity contribution in [3.05, 3.63) is 150 Å². The number of aliphatic imine (C=N–C) groups is 2. The summed E-state index contributed by atoms with van der Waals surface area (Å²) in [6.45, 7) is 0. The highest BCUT2D eigenvalue weighted by Crippen LogP contribution is 2.35. The zero-order chi connectivity index (χ0) is 28.3. The number of nitrogens with zero attached hydrogens (tertiary/aromatic N) is 3. The van der Waals surface area contributed by atoms with Crippen LogP contribution in [0.15, 0.2) is 148 Å². The van der Waals surface area contributed by atoms with Gasteiger partial charge in [-0.05, 0) is 62.1 Å². The highest BCUT2D eigenvalue weighted by Gasteiger charge is 2.25. The Balaban J connectivity index is 1.30. The minimum Gasteiger partial charge on any atom is -0.456 e. The molecule has 1 N–H and O–H groups in total. The van der Waals surface area contributed by atoms with Crippen molar-refractivity contribution in [3.8, 4) is 0 Å². The highest BCUT2D eigenvalue weighted by atomic mass is 16.3. The van der Waals surface area contributed by atoms with Gasteiger partial charge in [0, 0.05) is 34.3 Å². The molecule has 5 nitrogen and oxygen atoms in total. The van der Waals surface area contributed by atoms with Crippen molar-refractivity contribution in [2.75, 3.05) is 0 Å². The SMILES string of the molecule is c1ccc2cc(C3N=C(c4cc5ccccc5c5ccccc45)NC(c4cccc5oc6ccncc6c45)=N3)ccc2c1. The van der Waals surface area contributed by atoms with Crippen molar-refractivity contribution >= 4 is 65.9 Å². The largest absolute Gasteiger partial charge is 0.456 e. The van der Waals surface area contributed by atoms with Gasteiger partial charge < -0.3 is 9.73 Å². The second kappa shape index (κ2) is 9.36.